The summed E-state index contributed by atoms with van der Waals surface area (Å²) in [6, 6.07) is 8.36. The lowest BCUT2D eigenvalue weighted by atomic mass is 10.2. The molecule has 2 rings (SSSR count). The fourth-order valence-corrected chi connectivity index (χ4v) is 3.07. The zero-order valence-electron chi connectivity index (χ0n) is 10.8. The van der Waals surface area contributed by atoms with E-state index in [0.29, 0.717) is 5.56 Å². The normalized spacial score (nSPS) is 11.3. The molecule has 0 saturated heterocycles. The topological polar surface area (TPSA) is 85.1 Å². The van der Waals surface area contributed by atoms with Gasteiger partial charge in [-0.15, -0.1) is 0 Å². The van der Waals surface area contributed by atoms with Gasteiger partial charge in [0.2, 0.25) is 10.0 Å². The van der Waals surface area contributed by atoms with Crippen LogP contribution in [0.15, 0.2) is 47.5 Å². The molecule has 0 amide bonds. The molecule has 0 unspecified atom stereocenters. The SMILES string of the molecule is NC(=S)c1ncccc1S(=O)(=O)NCc1ccc(F)cc1. The number of hydrogen-bond acceptors (Lipinski definition) is 4. The minimum absolute atomic E-state index is 0.0221. The summed E-state index contributed by atoms with van der Waals surface area (Å²) in [5.74, 6) is -0.385. The van der Waals surface area contributed by atoms with E-state index in [0.717, 1.165) is 0 Å². The van der Waals surface area contributed by atoms with E-state index >= 15 is 0 Å². The number of rotatable bonds is 5. The van der Waals surface area contributed by atoms with Crippen molar-refractivity contribution in [2.45, 2.75) is 11.4 Å². The molecule has 0 saturated carbocycles. The first-order valence-corrected chi connectivity index (χ1v) is 7.78. The zero-order valence-corrected chi connectivity index (χ0v) is 12.4. The van der Waals surface area contributed by atoms with Crippen molar-refractivity contribution >= 4 is 27.2 Å². The van der Waals surface area contributed by atoms with Crippen LogP contribution < -0.4 is 10.5 Å². The number of halogens is 1. The first-order chi connectivity index (χ1) is 9.90. The second-order valence-corrected chi connectivity index (χ2v) is 6.34. The molecule has 0 bridgehead atoms. The summed E-state index contributed by atoms with van der Waals surface area (Å²) in [6.45, 7) is 0.0221. The molecule has 0 aliphatic rings. The minimum atomic E-state index is -3.82. The smallest absolute Gasteiger partial charge is 0.243 e. The van der Waals surface area contributed by atoms with Crippen molar-refractivity contribution in [3.8, 4) is 0 Å². The minimum Gasteiger partial charge on any atom is -0.388 e. The standard InChI is InChI=1S/C13H12FN3O2S2/c14-10-5-3-9(4-6-10)8-17-21(18,19)11-2-1-7-16-12(11)13(15)20/h1-7,17H,8H2,(H2,15,20). The molecule has 0 radical (unpaired) electrons. The van der Waals surface area contributed by atoms with Crippen molar-refractivity contribution in [3.63, 3.8) is 0 Å². The number of aromatic nitrogens is 1. The molecular weight excluding hydrogens is 313 g/mol. The molecule has 21 heavy (non-hydrogen) atoms. The van der Waals surface area contributed by atoms with Gasteiger partial charge in [-0.1, -0.05) is 24.4 Å². The maximum absolute atomic E-state index is 12.8. The van der Waals surface area contributed by atoms with E-state index in [1.54, 1.807) is 0 Å². The van der Waals surface area contributed by atoms with Crippen LogP contribution >= 0.6 is 12.2 Å². The molecule has 0 fully saturated rings. The first-order valence-electron chi connectivity index (χ1n) is 5.89. The van der Waals surface area contributed by atoms with Crippen LogP contribution in [-0.2, 0) is 16.6 Å². The lowest BCUT2D eigenvalue weighted by Crippen LogP contribution is -2.27. The van der Waals surface area contributed by atoms with Crippen molar-refractivity contribution in [1.82, 2.24) is 9.71 Å². The van der Waals surface area contributed by atoms with Gasteiger partial charge in [-0.05, 0) is 29.8 Å². The molecule has 1 aromatic carbocycles. The Morgan fingerprint density at radius 3 is 2.57 bits per heavy atom. The van der Waals surface area contributed by atoms with Crippen LogP contribution in [0.4, 0.5) is 4.39 Å². The molecule has 1 heterocycles. The molecule has 5 nitrogen and oxygen atoms in total. The first kappa shape index (κ1) is 15.5. The summed E-state index contributed by atoms with van der Waals surface area (Å²) >= 11 is 4.79. The highest BCUT2D eigenvalue weighted by molar-refractivity contribution is 7.89. The van der Waals surface area contributed by atoms with Crippen molar-refractivity contribution in [2.24, 2.45) is 5.73 Å². The molecule has 0 aliphatic heterocycles. The van der Waals surface area contributed by atoms with Gasteiger partial charge in [-0.3, -0.25) is 4.98 Å². The van der Waals surface area contributed by atoms with Crippen LogP contribution in [-0.4, -0.2) is 18.4 Å². The molecule has 3 N–H and O–H groups in total. The summed E-state index contributed by atoms with van der Waals surface area (Å²) in [6.07, 6.45) is 1.41. The quantitative estimate of drug-likeness (QED) is 0.810. The molecule has 0 atom stereocenters. The second kappa shape index (κ2) is 6.25. The number of nitrogens with two attached hydrogens (primary N) is 1. The van der Waals surface area contributed by atoms with E-state index in [9.17, 15) is 12.8 Å². The second-order valence-electron chi connectivity index (χ2n) is 4.17. The summed E-state index contributed by atoms with van der Waals surface area (Å²) in [5.41, 5.74) is 6.14. The highest BCUT2D eigenvalue weighted by Gasteiger charge is 2.20. The average molecular weight is 325 g/mol. The summed E-state index contributed by atoms with van der Waals surface area (Å²) < 4.78 is 39.7. The number of thiocarbonyl (C=S) groups is 1. The van der Waals surface area contributed by atoms with Crippen LogP contribution in [0.25, 0.3) is 0 Å². The molecule has 0 spiro atoms. The van der Waals surface area contributed by atoms with Gasteiger partial charge < -0.3 is 5.73 Å². The largest absolute Gasteiger partial charge is 0.388 e. The van der Waals surface area contributed by atoms with Gasteiger partial charge >= 0.3 is 0 Å². The Morgan fingerprint density at radius 1 is 1.29 bits per heavy atom. The Balaban J connectivity index is 2.23. The van der Waals surface area contributed by atoms with E-state index in [-0.39, 0.29) is 27.9 Å². The van der Waals surface area contributed by atoms with Gasteiger partial charge in [0.1, 0.15) is 21.4 Å². The Morgan fingerprint density at radius 2 is 1.95 bits per heavy atom. The predicted molar refractivity (Wildman–Crippen MR) is 80.5 cm³/mol. The lowest BCUT2D eigenvalue weighted by Gasteiger charge is -2.09. The third kappa shape index (κ3) is 3.81. The molecular formula is C13H12FN3O2S2. The third-order valence-electron chi connectivity index (χ3n) is 2.67. The summed E-state index contributed by atoms with van der Waals surface area (Å²) in [5, 5.41) is 0. The van der Waals surface area contributed by atoms with Crippen molar-refractivity contribution in [1.29, 1.82) is 0 Å². The number of pyridine rings is 1. The van der Waals surface area contributed by atoms with Crippen LogP contribution in [0.1, 0.15) is 11.3 Å². The molecule has 8 heteroatoms. The van der Waals surface area contributed by atoms with Crippen LogP contribution in [0.3, 0.4) is 0 Å². The Bertz CT molecular complexity index is 761. The van der Waals surface area contributed by atoms with Crippen molar-refractivity contribution in [3.05, 3.63) is 59.7 Å². The maximum atomic E-state index is 12.8. The number of benzene rings is 1. The van der Waals surface area contributed by atoms with Gasteiger partial charge in [-0.25, -0.2) is 17.5 Å². The highest BCUT2D eigenvalue weighted by Crippen LogP contribution is 2.13. The maximum Gasteiger partial charge on any atom is 0.243 e. The third-order valence-corrected chi connectivity index (χ3v) is 4.30. The monoisotopic (exact) mass is 325 g/mol. The summed E-state index contributed by atoms with van der Waals surface area (Å²) in [4.78, 5) is 3.69. The Kier molecular flexibility index (Phi) is 4.61. The van der Waals surface area contributed by atoms with Gasteiger partial charge in [0.15, 0.2) is 0 Å². The average Bonchev–Trinajstić information content (AvgIpc) is 2.47. The number of hydrogen-bond donors (Lipinski definition) is 2. The van der Waals surface area contributed by atoms with Crippen LogP contribution in [0, 0.1) is 5.82 Å². The van der Waals surface area contributed by atoms with Crippen molar-refractivity contribution < 1.29 is 12.8 Å². The number of nitrogens with zero attached hydrogens (tertiary/aromatic N) is 1. The van der Waals surface area contributed by atoms with E-state index in [2.05, 4.69) is 9.71 Å². The number of sulfonamides is 1. The molecule has 1 aromatic heterocycles. The highest BCUT2D eigenvalue weighted by atomic mass is 32.2. The van der Waals surface area contributed by atoms with Crippen molar-refractivity contribution in [2.75, 3.05) is 0 Å². The molecule has 0 aliphatic carbocycles. The van der Waals surface area contributed by atoms with E-state index in [1.807, 2.05) is 0 Å². The fraction of sp³-hybridized carbons (Fsp3) is 0.0769. The van der Waals surface area contributed by atoms with E-state index in [4.69, 9.17) is 18.0 Å². The Labute approximate surface area is 127 Å². The van der Waals surface area contributed by atoms with Gasteiger partial charge in [0, 0.05) is 12.7 Å². The fourth-order valence-electron chi connectivity index (χ4n) is 1.65. The van der Waals surface area contributed by atoms with Gasteiger partial charge in [0.25, 0.3) is 0 Å². The predicted octanol–water partition coefficient (Wildman–Crippen LogP) is 1.33. The van der Waals surface area contributed by atoms with Crippen LogP contribution in [0.2, 0.25) is 0 Å². The molecule has 2 aromatic rings. The number of nitrogens with one attached hydrogen (secondary N) is 1. The lowest BCUT2D eigenvalue weighted by molar-refractivity contribution is 0.580. The van der Waals surface area contributed by atoms with Gasteiger partial charge in [0.05, 0.1) is 0 Å². The zero-order chi connectivity index (χ0) is 15.5. The summed E-state index contributed by atoms with van der Waals surface area (Å²) in [7, 11) is -3.82. The Hall–Kier alpha value is -1.90. The van der Waals surface area contributed by atoms with E-state index in [1.165, 1.54) is 42.6 Å². The van der Waals surface area contributed by atoms with Gasteiger partial charge in [-0.2, -0.15) is 0 Å². The van der Waals surface area contributed by atoms with E-state index < -0.39 is 10.0 Å². The van der Waals surface area contributed by atoms with Crippen LogP contribution in [0.5, 0.6) is 0 Å². The molecule has 110 valence electrons.